The number of anilines is 1. The molecule has 0 bridgehead atoms. The van der Waals surface area contributed by atoms with E-state index in [1.807, 2.05) is 4.98 Å². The van der Waals surface area contributed by atoms with E-state index in [0.29, 0.717) is 0 Å². The number of pyridine rings is 1. The molecule has 11 heteroatoms. The van der Waals surface area contributed by atoms with Gasteiger partial charge < -0.3 is 20.9 Å². The van der Waals surface area contributed by atoms with E-state index in [4.69, 9.17) is 5.73 Å². The van der Waals surface area contributed by atoms with E-state index >= 15 is 0 Å². The smallest absolute Gasteiger partial charge is 0.342 e. The summed E-state index contributed by atoms with van der Waals surface area (Å²) in [4.78, 5) is 36.8. The fourth-order valence-electron chi connectivity index (χ4n) is 2.29. The lowest BCUT2D eigenvalue weighted by Crippen LogP contribution is -2.24. The Morgan fingerprint density at radius 2 is 1.72 bits per heavy atom. The van der Waals surface area contributed by atoms with Crippen molar-refractivity contribution in [3.05, 3.63) is 44.2 Å². The van der Waals surface area contributed by atoms with E-state index < -0.39 is 49.8 Å². The number of aromatic nitrogens is 1. The number of rotatable bonds is 4. The van der Waals surface area contributed by atoms with Gasteiger partial charge in [0.05, 0.1) is 4.90 Å². The number of carbonyl (C=O) groups is 2. The normalized spacial score (nSPS) is 11.3. The van der Waals surface area contributed by atoms with Gasteiger partial charge in [0, 0.05) is 16.3 Å². The van der Waals surface area contributed by atoms with Gasteiger partial charge in [0.2, 0.25) is 0 Å². The van der Waals surface area contributed by atoms with Gasteiger partial charge in [0.25, 0.3) is 5.56 Å². The van der Waals surface area contributed by atoms with Gasteiger partial charge in [-0.2, -0.15) is 0 Å². The minimum atomic E-state index is -3.57. The SMILES string of the molecule is CS(=O)(=O)c1ccc(-c2c(C(=O)O)c(N)[nH]c(=O)c2C(=O)O)cc1Br. The Morgan fingerprint density at radius 3 is 2.16 bits per heavy atom. The Hall–Kier alpha value is -2.66. The average Bonchev–Trinajstić information content (AvgIpc) is 2.43. The first-order valence-electron chi connectivity index (χ1n) is 6.47. The number of nitrogen functional groups attached to an aromatic ring is 1. The Labute approximate surface area is 149 Å². The van der Waals surface area contributed by atoms with Gasteiger partial charge in [-0.25, -0.2) is 18.0 Å². The first kappa shape index (κ1) is 18.7. The number of sulfone groups is 1. The van der Waals surface area contributed by atoms with Gasteiger partial charge in [-0.3, -0.25) is 4.79 Å². The van der Waals surface area contributed by atoms with Crippen LogP contribution in [0, 0.1) is 0 Å². The van der Waals surface area contributed by atoms with Crippen molar-refractivity contribution in [1.29, 1.82) is 0 Å². The number of benzene rings is 1. The van der Waals surface area contributed by atoms with E-state index in [9.17, 15) is 33.0 Å². The number of hydrogen-bond donors (Lipinski definition) is 4. The molecule has 9 nitrogen and oxygen atoms in total. The zero-order valence-corrected chi connectivity index (χ0v) is 14.9. The van der Waals surface area contributed by atoms with Crippen LogP contribution < -0.4 is 11.3 Å². The van der Waals surface area contributed by atoms with E-state index in [1.165, 1.54) is 18.2 Å². The lowest BCUT2D eigenvalue weighted by atomic mass is 9.95. The number of hydrogen-bond acceptors (Lipinski definition) is 6. The maximum atomic E-state index is 11.9. The van der Waals surface area contributed by atoms with Crippen molar-refractivity contribution in [1.82, 2.24) is 4.98 Å². The number of halogens is 1. The van der Waals surface area contributed by atoms with Crippen molar-refractivity contribution in [2.75, 3.05) is 12.0 Å². The van der Waals surface area contributed by atoms with Crippen molar-refractivity contribution in [3.8, 4) is 11.1 Å². The summed E-state index contributed by atoms with van der Waals surface area (Å²) < 4.78 is 23.4. The Bertz CT molecular complexity index is 1070. The molecular weight excluding hydrogens is 420 g/mol. The molecule has 0 saturated carbocycles. The lowest BCUT2D eigenvalue weighted by molar-refractivity contribution is 0.0695. The third-order valence-electron chi connectivity index (χ3n) is 3.29. The number of nitrogens with one attached hydrogen (secondary N) is 1. The molecule has 2 rings (SSSR count). The maximum Gasteiger partial charge on any atom is 0.342 e. The fraction of sp³-hybridized carbons (Fsp3) is 0.0714. The molecule has 2 aromatic rings. The predicted molar refractivity (Wildman–Crippen MR) is 91.6 cm³/mol. The minimum Gasteiger partial charge on any atom is -0.478 e. The molecule has 0 radical (unpaired) electrons. The number of carboxylic acids is 2. The Balaban J connectivity index is 2.96. The second kappa shape index (κ2) is 6.33. The molecule has 5 N–H and O–H groups in total. The number of aromatic carboxylic acids is 2. The molecular formula is C14H11BrN2O7S. The molecule has 0 saturated heterocycles. The van der Waals surface area contributed by atoms with Crippen LogP contribution in [-0.4, -0.2) is 41.8 Å². The highest BCUT2D eigenvalue weighted by Gasteiger charge is 2.27. The van der Waals surface area contributed by atoms with Crippen molar-refractivity contribution >= 4 is 43.5 Å². The summed E-state index contributed by atoms with van der Waals surface area (Å²) in [5.41, 5.74) is 2.63. The fourth-order valence-corrected chi connectivity index (χ4v) is 4.28. The predicted octanol–water partition coefficient (Wildman–Crippen LogP) is 1.19. The van der Waals surface area contributed by atoms with Gasteiger partial charge in [-0.05, 0) is 33.6 Å². The third kappa shape index (κ3) is 3.42. The monoisotopic (exact) mass is 430 g/mol. The molecule has 0 amide bonds. The highest BCUT2D eigenvalue weighted by molar-refractivity contribution is 9.10. The summed E-state index contributed by atoms with van der Waals surface area (Å²) >= 11 is 3.05. The Kier molecular flexibility index (Phi) is 4.73. The highest BCUT2D eigenvalue weighted by atomic mass is 79.9. The van der Waals surface area contributed by atoms with Crippen LogP contribution in [0.1, 0.15) is 20.7 Å². The number of aromatic amines is 1. The standard InChI is InChI=1S/C14H11BrN2O7S/c1-25(23,24)7-3-2-5(4-6(7)15)8-9(13(19)20)11(16)17-12(18)10(8)14(21)22/h2-4H,1H3,(H,19,20)(H,21,22)(H3,16,17,18). The summed E-state index contributed by atoms with van der Waals surface area (Å²) in [5.74, 6) is -3.71. The van der Waals surface area contributed by atoms with Crippen LogP contribution in [0.15, 0.2) is 32.4 Å². The zero-order valence-electron chi connectivity index (χ0n) is 12.5. The number of H-pyrrole nitrogens is 1. The topological polar surface area (TPSA) is 168 Å². The molecule has 0 spiro atoms. The summed E-state index contributed by atoms with van der Waals surface area (Å²) in [6.45, 7) is 0. The number of nitrogens with two attached hydrogens (primary N) is 1. The lowest BCUT2D eigenvalue weighted by Gasteiger charge is -2.13. The largest absolute Gasteiger partial charge is 0.478 e. The first-order valence-corrected chi connectivity index (χ1v) is 9.16. The second-order valence-corrected chi connectivity index (χ2v) is 7.86. The molecule has 0 aliphatic heterocycles. The van der Waals surface area contributed by atoms with E-state index in [-0.39, 0.29) is 14.9 Å². The molecule has 132 valence electrons. The maximum absolute atomic E-state index is 11.9. The van der Waals surface area contributed by atoms with E-state index in [0.717, 1.165) is 6.26 Å². The molecule has 1 heterocycles. The van der Waals surface area contributed by atoms with Gasteiger partial charge in [0.1, 0.15) is 16.9 Å². The molecule has 25 heavy (non-hydrogen) atoms. The molecule has 0 fully saturated rings. The van der Waals surface area contributed by atoms with Crippen molar-refractivity contribution < 1.29 is 28.2 Å². The van der Waals surface area contributed by atoms with Crippen molar-refractivity contribution in [2.24, 2.45) is 0 Å². The molecule has 0 aliphatic rings. The van der Waals surface area contributed by atoms with Crippen LogP contribution in [-0.2, 0) is 9.84 Å². The van der Waals surface area contributed by atoms with Crippen molar-refractivity contribution in [2.45, 2.75) is 4.90 Å². The van der Waals surface area contributed by atoms with Crippen LogP contribution in [0.2, 0.25) is 0 Å². The summed E-state index contributed by atoms with van der Waals surface area (Å²) in [6, 6.07) is 3.58. The highest BCUT2D eigenvalue weighted by Crippen LogP contribution is 2.33. The van der Waals surface area contributed by atoms with Gasteiger partial charge in [-0.15, -0.1) is 0 Å². The van der Waals surface area contributed by atoms with Crippen LogP contribution in [0.3, 0.4) is 0 Å². The van der Waals surface area contributed by atoms with Crippen LogP contribution >= 0.6 is 15.9 Å². The molecule has 0 unspecified atom stereocenters. The summed E-state index contributed by atoms with van der Waals surface area (Å²) in [6.07, 6.45) is 0.976. The van der Waals surface area contributed by atoms with E-state index in [1.54, 1.807) is 0 Å². The zero-order chi connectivity index (χ0) is 19.1. The van der Waals surface area contributed by atoms with Gasteiger partial charge in [-0.1, -0.05) is 6.07 Å². The van der Waals surface area contributed by atoms with Crippen LogP contribution in [0.25, 0.3) is 11.1 Å². The Morgan fingerprint density at radius 1 is 1.16 bits per heavy atom. The first-order chi connectivity index (χ1) is 11.4. The van der Waals surface area contributed by atoms with Crippen LogP contribution in [0.5, 0.6) is 0 Å². The van der Waals surface area contributed by atoms with E-state index in [2.05, 4.69) is 15.9 Å². The van der Waals surface area contributed by atoms with Gasteiger partial charge in [0.15, 0.2) is 9.84 Å². The summed E-state index contributed by atoms with van der Waals surface area (Å²) in [5, 5.41) is 18.7. The van der Waals surface area contributed by atoms with Crippen LogP contribution in [0.4, 0.5) is 5.82 Å². The number of carboxylic acid groups (broad SMARTS) is 2. The van der Waals surface area contributed by atoms with Crippen molar-refractivity contribution in [3.63, 3.8) is 0 Å². The molecule has 1 aromatic carbocycles. The molecule has 0 atom stereocenters. The summed E-state index contributed by atoms with van der Waals surface area (Å²) in [7, 11) is -3.57. The minimum absolute atomic E-state index is 0.00637. The third-order valence-corrected chi connectivity index (χ3v) is 5.37. The second-order valence-electron chi connectivity index (χ2n) is 5.02. The van der Waals surface area contributed by atoms with Gasteiger partial charge >= 0.3 is 11.9 Å². The molecule has 0 aliphatic carbocycles. The molecule has 1 aromatic heterocycles. The quantitative estimate of drug-likeness (QED) is 0.560. The average molecular weight is 431 g/mol.